The highest BCUT2D eigenvalue weighted by Gasteiger charge is 2.03. The molecule has 1 heterocycles. The van der Waals surface area contributed by atoms with Crippen LogP contribution in [0.25, 0.3) is 0 Å². The number of ether oxygens (including phenoxy) is 1. The highest BCUT2D eigenvalue weighted by molar-refractivity contribution is 7.11. The van der Waals surface area contributed by atoms with Gasteiger partial charge < -0.3 is 4.74 Å². The van der Waals surface area contributed by atoms with Gasteiger partial charge in [-0.2, -0.15) is 0 Å². The Labute approximate surface area is 91.4 Å². The summed E-state index contributed by atoms with van der Waals surface area (Å²) < 4.78 is 5.46. The number of hydrogen-bond acceptors (Lipinski definition) is 4. The largest absolute Gasteiger partial charge is 0.431 e. The molecule has 4 heteroatoms. The molecule has 0 bridgehead atoms. The summed E-state index contributed by atoms with van der Waals surface area (Å²) in [4.78, 5) is 15.1. The number of aromatic nitrogens is 1. The molecule has 2 rings (SSSR count). The van der Waals surface area contributed by atoms with E-state index in [9.17, 15) is 4.79 Å². The summed E-state index contributed by atoms with van der Waals surface area (Å²) >= 11 is 1.41. The Balaban J connectivity index is 2.22. The second kappa shape index (κ2) is 4.23. The first-order valence-electron chi connectivity index (χ1n) is 4.44. The summed E-state index contributed by atoms with van der Waals surface area (Å²) in [6.07, 6.45) is 1.68. The number of thiazole rings is 1. The van der Waals surface area contributed by atoms with Crippen LogP contribution in [0.1, 0.15) is 17.3 Å². The lowest BCUT2D eigenvalue weighted by Crippen LogP contribution is -1.92. The molecule has 3 nitrogen and oxygen atoms in total. The van der Waals surface area contributed by atoms with Gasteiger partial charge in [-0.25, -0.2) is 4.98 Å². The number of nitrogens with zero attached hydrogens (tertiary/aromatic N) is 1. The SMILES string of the molecule is CC(=O)c1cccc(Oc2nccs2)c1. The lowest BCUT2D eigenvalue weighted by Gasteiger charge is -2.02. The zero-order chi connectivity index (χ0) is 10.7. The molecule has 1 aromatic heterocycles. The first-order chi connectivity index (χ1) is 7.25. The Morgan fingerprint density at radius 3 is 3.00 bits per heavy atom. The lowest BCUT2D eigenvalue weighted by atomic mass is 10.1. The van der Waals surface area contributed by atoms with E-state index in [0.717, 1.165) is 0 Å². The number of benzene rings is 1. The van der Waals surface area contributed by atoms with Crippen LogP contribution in [0, 0.1) is 0 Å². The summed E-state index contributed by atoms with van der Waals surface area (Å²) in [5, 5.41) is 2.42. The van der Waals surface area contributed by atoms with E-state index in [1.165, 1.54) is 18.3 Å². The van der Waals surface area contributed by atoms with Crippen molar-refractivity contribution in [2.45, 2.75) is 6.92 Å². The molecule has 0 unspecified atom stereocenters. The molecule has 0 aliphatic rings. The summed E-state index contributed by atoms with van der Waals surface area (Å²) in [7, 11) is 0. The monoisotopic (exact) mass is 219 g/mol. The summed E-state index contributed by atoms with van der Waals surface area (Å²) in [5.41, 5.74) is 0.643. The van der Waals surface area contributed by atoms with Crippen molar-refractivity contribution in [3.63, 3.8) is 0 Å². The maximum Gasteiger partial charge on any atom is 0.278 e. The van der Waals surface area contributed by atoms with Crippen molar-refractivity contribution in [3.05, 3.63) is 41.4 Å². The number of carbonyl (C=O) groups excluding carboxylic acids is 1. The smallest absolute Gasteiger partial charge is 0.278 e. The molecule has 0 N–H and O–H groups in total. The van der Waals surface area contributed by atoms with Crippen LogP contribution in [0.3, 0.4) is 0 Å². The van der Waals surface area contributed by atoms with E-state index >= 15 is 0 Å². The predicted octanol–water partition coefficient (Wildman–Crippen LogP) is 3.14. The van der Waals surface area contributed by atoms with E-state index < -0.39 is 0 Å². The van der Waals surface area contributed by atoms with Crippen molar-refractivity contribution in [2.75, 3.05) is 0 Å². The third kappa shape index (κ3) is 2.41. The number of hydrogen-bond donors (Lipinski definition) is 0. The van der Waals surface area contributed by atoms with Gasteiger partial charge in [-0.1, -0.05) is 23.5 Å². The van der Waals surface area contributed by atoms with Crippen molar-refractivity contribution in [1.82, 2.24) is 4.98 Å². The number of carbonyl (C=O) groups is 1. The topological polar surface area (TPSA) is 39.2 Å². The molecule has 0 aliphatic carbocycles. The summed E-state index contributed by atoms with van der Waals surface area (Å²) in [5.74, 6) is 0.664. The van der Waals surface area contributed by atoms with Gasteiger partial charge in [-0.3, -0.25) is 4.79 Å². The first-order valence-corrected chi connectivity index (χ1v) is 5.32. The van der Waals surface area contributed by atoms with Crippen LogP contribution in [-0.2, 0) is 0 Å². The molecule has 0 saturated heterocycles. The minimum atomic E-state index is 0.0274. The standard InChI is InChI=1S/C11H9NO2S/c1-8(13)9-3-2-4-10(7-9)14-11-12-5-6-15-11/h2-7H,1H3. The molecule has 2 aromatic rings. The maximum absolute atomic E-state index is 11.1. The van der Waals surface area contributed by atoms with Crippen molar-refractivity contribution < 1.29 is 9.53 Å². The fourth-order valence-corrected chi connectivity index (χ4v) is 1.64. The fraction of sp³-hybridized carbons (Fsp3) is 0.0909. The minimum Gasteiger partial charge on any atom is -0.431 e. The maximum atomic E-state index is 11.1. The third-order valence-corrected chi connectivity index (χ3v) is 2.50. The average Bonchev–Trinajstić information content (AvgIpc) is 2.71. The van der Waals surface area contributed by atoms with E-state index in [-0.39, 0.29) is 5.78 Å². The van der Waals surface area contributed by atoms with Crippen LogP contribution in [0.2, 0.25) is 0 Å². The highest BCUT2D eigenvalue weighted by atomic mass is 32.1. The Morgan fingerprint density at radius 2 is 2.33 bits per heavy atom. The Morgan fingerprint density at radius 1 is 1.47 bits per heavy atom. The molecule has 0 saturated carbocycles. The quantitative estimate of drug-likeness (QED) is 0.744. The molecule has 0 atom stereocenters. The molecular formula is C11H9NO2S. The van der Waals surface area contributed by atoms with Crippen LogP contribution in [-0.4, -0.2) is 10.8 Å². The van der Waals surface area contributed by atoms with Gasteiger partial charge in [0.25, 0.3) is 5.19 Å². The number of Topliss-reactive ketones (excluding diaryl/α,β-unsaturated/α-hetero) is 1. The zero-order valence-electron chi connectivity index (χ0n) is 8.14. The van der Waals surface area contributed by atoms with Crippen LogP contribution in [0.15, 0.2) is 35.8 Å². The molecule has 0 aliphatic heterocycles. The third-order valence-electron chi connectivity index (χ3n) is 1.86. The number of ketones is 1. The van der Waals surface area contributed by atoms with Gasteiger partial charge >= 0.3 is 0 Å². The molecule has 0 fully saturated rings. The van der Waals surface area contributed by atoms with Gasteiger partial charge in [-0.15, -0.1) is 0 Å². The Hall–Kier alpha value is -1.68. The summed E-state index contributed by atoms with van der Waals surface area (Å²) in [6, 6.07) is 7.06. The Bertz CT molecular complexity index is 465. The molecule has 0 spiro atoms. The second-order valence-electron chi connectivity index (χ2n) is 2.98. The van der Waals surface area contributed by atoms with Gasteiger partial charge in [0.2, 0.25) is 0 Å². The summed E-state index contributed by atoms with van der Waals surface area (Å²) in [6.45, 7) is 1.53. The van der Waals surface area contributed by atoms with E-state index in [4.69, 9.17) is 4.74 Å². The van der Waals surface area contributed by atoms with E-state index in [0.29, 0.717) is 16.5 Å². The minimum absolute atomic E-state index is 0.0274. The van der Waals surface area contributed by atoms with Crippen molar-refractivity contribution in [3.8, 4) is 10.9 Å². The Kier molecular flexibility index (Phi) is 2.78. The van der Waals surface area contributed by atoms with Crippen LogP contribution in [0.4, 0.5) is 0 Å². The van der Waals surface area contributed by atoms with Crippen molar-refractivity contribution >= 4 is 17.1 Å². The van der Waals surface area contributed by atoms with Crippen molar-refractivity contribution in [1.29, 1.82) is 0 Å². The average molecular weight is 219 g/mol. The molecule has 15 heavy (non-hydrogen) atoms. The number of rotatable bonds is 3. The van der Waals surface area contributed by atoms with Gasteiger partial charge in [0.1, 0.15) is 5.75 Å². The fourth-order valence-electron chi connectivity index (χ4n) is 1.14. The van der Waals surface area contributed by atoms with E-state index in [2.05, 4.69) is 4.98 Å². The molecule has 1 aromatic carbocycles. The lowest BCUT2D eigenvalue weighted by molar-refractivity contribution is 0.101. The zero-order valence-corrected chi connectivity index (χ0v) is 8.95. The van der Waals surface area contributed by atoms with E-state index in [1.807, 2.05) is 5.38 Å². The molecule has 0 radical (unpaired) electrons. The molecular weight excluding hydrogens is 210 g/mol. The van der Waals surface area contributed by atoms with Crippen LogP contribution in [0.5, 0.6) is 10.9 Å². The molecule has 76 valence electrons. The van der Waals surface area contributed by atoms with Gasteiger partial charge in [0.05, 0.1) is 0 Å². The van der Waals surface area contributed by atoms with Gasteiger partial charge in [0, 0.05) is 17.1 Å². The second-order valence-corrected chi connectivity index (χ2v) is 3.84. The van der Waals surface area contributed by atoms with Gasteiger partial charge in [0.15, 0.2) is 5.78 Å². The van der Waals surface area contributed by atoms with Crippen LogP contribution >= 0.6 is 11.3 Å². The molecule has 0 amide bonds. The van der Waals surface area contributed by atoms with Crippen LogP contribution < -0.4 is 4.74 Å². The predicted molar refractivity (Wildman–Crippen MR) is 58.6 cm³/mol. The first kappa shape index (κ1) is 9.86. The van der Waals surface area contributed by atoms with E-state index in [1.54, 1.807) is 30.5 Å². The van der Waals surface area contributed by atoms with Gasteiger partial charge in [-0.05, 0) is 19.1 Å². The normalized spacial score (nSPS) is 9.93. The van der Waals surface area contributed by atoms with Crippen molar-refractivity contribution in [2.24, 2.45) is 0 Å². The highest BCUT2D eigenvalue weighted by Crippen LogP contribution is 2.23.